The predicted octanol–water partition coefficient (Wildman–Crippen LogP) is 4.25. The average Bonchev–Trinajstić information content (AvgIpc) is 2.93. The van der Waals surface area contributed by atoms with Crippen LogP contribution in [0.1, 0.15) is 60.4 Å². The zero-order valence-electron chi connectivity index (χ0n) is 18.9. The summed E-state index contributed by atoms with van der Waals surface area (Å²) in [6, 6.07) is 6.36. The molecule has 1 fully saturated rings. The van der Waals surface area contributed by atoms with E-state index in [-0.39, 0.29) is 22.8 Å². The number of hydrogen-bond donors (Lipinski definition) is 1. The number of methoxy groups -OCH3 is 2. The number of aryl methyl sites for hydroxylation is 1. The summed E-state index contributed by atoms with van der Waals surface area (Å²) in [4.78, 5) is 12.6. The normalized spacial score (nSPS) is 23.1. The van der Waals surface area contributed by atoms with Gasteiger partial charge in [-0.05, 0) is 51.3 Å². The number of thioether (sulfide) groups is 1. The second-order valence-electron chi connectivity index (χ2n) is 8.79. The van der Waals surface area contributed by atoms with Gasteiger partial charge in [0, 0.05) is 24.8 Å². The molecule has 168 valence electrons. The molecule has 3 heterocycles. The lowest BCUT2D eigenvalue weighted by atomic mass is 9.94. The second kappa shape index (κ2) is 8.84. The van der Waals surface area contributed by atoms with Gasteiger partial charge in [-0.2, -0.15) is 5.10 Å². The minimum Gasteiger partial charge on any atom is -0.496 e. The van der Waals surface area contributed by atoms with Gasteiger partial charge in [0.25, 0.3) is 0 Å². The zero-order chi connectivity index (χ0) is 22.2. The Hall–Kier alpha value is -2.03. The largest absolute Gasteiger partial charge is 0.496 e. The molecule has 2 aliphatic heterocycles. The van der Waals surface area contributed by atoms with E-state index in [2.05, 4.69) is 31.3 Å². The molecule has 0 radical (unpaired) electrons. The van der Waals surface area contributed by atoms with Gasteiger partial charge >= 0.3 is 0 Å². The van der Waals surface area contributed by atoms with E-state index in [1.54, 1.807) is 26.0 Å². The van der Waals surface area contributed by atoms with Crippen LogP contribution in [-0.4, -0.2) is 47.9 Å². The molecule has 1 aromatic carbocycles. The van der Waals surface area contributed by atoms with Gasteiger partial charge in [0.05, 0.1) is 42.1 Å². The van der Waals surface area contributed by atoms with Gasteiger partial charge in [-0.1, -0.05) is 6.07 Å². The Morgan fingerprint density at radius 1 is 1.35 bits per heavy atom. The lowest BCUT2D eigenvalue weighted by Crippen LogP contribution is -2.36. The highest BCUT2D eigenvalue weighted by molar-refractivity contribution is 8.00. The minimum atomic E-state index is -0.205. The molecular formula is C23H31N3O4S. The van der Waals surface area contributed by atoms with Gasteiger partial charge in [-0.15, -0.1) is 11.8 Å². The van der Waals surface area contributed by atoms with Crippen LogP contribution in [-0.2, 0) is 20.9 Å². The monoisotopic (exact) mass is 445 g/mol. The van der Waals surface area contributed by atoms with Crippen molar-refractivity contribution in [2.75, 3.05) is 31.9 Å². The molecule has 2 atom stereocenters. The van der Waals surface area contributed by atoms with Crippen molar-refractivity contribution >= 4 is 23.5 Å². The fraction of sp³-hybridized carbons (Fsp3) is 0.565. The number of hydrogen-bond acceptors (Lipinski definition) is 6. The van der Waals surface area contributed by atoms with Gasteiger partial charge < -0.3 is 19.5 Å². The Morgan fingerprint density at radius 2 is 2.16 bits per heavy atom. The van der Waals surface area contributed by atoms with E-state index in [0.29, 0.717) is 19.0 Å². The maximum Gasteiger partial charge on any atom is 0.235 e. The van der Waals surface area contributed by atoms with Crippen LogP contribution in [0.4, 0.5) is 5.82 Å². The Morgan fingerprint density at radius 3 is 2.87 bits per heavy atom. The van der Waals surface area contributed by atoms with Crippen molar-refractivity contribution in [2.45, 2.75) is 57.1 Å². The molecule has 0 aliphatic carbocycles. The number of ether oxygens (including phenoxy) is 3. The number of rotatable bonds is 5. The minimum absolute atomic E-state index is 0.00272. The van der Waals surface area contributed by atoms with E-state index in [1.807, 2.05) is 17.7 Å². The highest BCUT2D eigenvalue weighted by atomic mass is 32.2. The average molecular weight is 446 g/mol. The standard InChI is InChI=1S/C23H31N3O4S/c1-14-20-21(15-6-7-18(29-5)16(10-15)12-28-4)31-13-19(27)24-22(20)26(25-14)17-8-9-30-23(2,3)11-17/h6-7,10,17,21H,8-9,11-13H2,1-5H3,(H,24,27)/t17-,21-/m0/s1. The molecule has 0 spiro atoms. The molecule has 2 aliphatic rings. The first-order valence-electron chi connectivity index (χ1n) is 10.6. The number of anilines is 1. The molecule has 1 amide bonds. The third-order valence-corrected chi connectivity index (χ3v) is 7.23. The third kappa shape index (κ3) is 4.47. The molecule has 0 bridgehead atoms. The number of nitrogens with zero attached hydrogens (tertiary/aromatic N) is 2. The van der Waals surface area contributed by atoms with Crippen LogP contribution in [0.15, 0.2) is 18.2 Å². The fourth-order valence-electron chi connectivity index (χ4n) is 4.57. The molecule has 1 aromatic heterocycles. The first kappa shape index (κ1) is 22.2. The number of fused-ring (bicyclic) bond motifs is 1. The smallest absolute Gasteiger partial charge is 0.235 e. The summed E-state index contributed by atoms with van der Waals surface area (Å²) < 4.78 is 18.8. The number of aromatic nitrogens is 2. The van der Waals surface area contributed by atoms with Crippen molar-refractivity contribution in [3.8, 4) is 5.75 Å². The number of benzene rings is 1. The lowest BCUT2D eigenvalue weighted by Gasteiger charge is -2.36. The van der Waals surface area contributed by atoms with E-state index in [9.17, 15) is 4.79 Å². The van der Waals surface area contributed by atoms with Crippen LogP contribution in [0.3, 0.4) is 0 Å². The van der Waals surface area contributed by atoms with Crippen LogP contribution in [0.2, 0.25) is 0 Å². The van der Waals surface area contributed by atoms with E-state index in [1.165, 1.54) is 0 Å². The van der Waals surface area contributed by atoms with E-state index in [4.69, 9.17) is 19.3 Å². The SMILES string of the molecule is COCc1cc([C@@H]2SCC(=O)Nc3c2c(C)nn3[C@H]2CCOC(C)(C)C2)ccc1OC. The highest BCUT2D eigenvalue weighted by Gasteiger charge is 2.36. The predicted molar refractivity (Wildman–Crippen MR) is 122 cm³/mol. The summed E-state index contributed by atoms with van der Waals surface area (Å²) in [5.41, 5.74) is 3.93. The molecule has 0 saturated carbocycles. The molecule has 1 N–H and O–H groups in total. The number of carbonyl (C=O) groups excluding carboxylic acids is 1. The molecule has 8 heteroatoms. The lowest BCUT2D eigenvalue weighted by molar-refractivity contribution is -0.113. The Kier molecular flexibility index (Phi) is 6.32. The van der Waals surface area contributed by atoms with Crippen LogP contribution in [0.5, 0.6) is 5.75 Å². The van der Waals surface area contributed by atoms with Crippen molar-refractivity contribution in [3.05, 3.63) is 40.6 Å². The van der Waals surface area contributed by atoms with Crippen molar-refractivity contribution in [3.63, 3.8) is 0 Å². The zero-order valence-corrected chi connectivity index (χ0v) is 19.7. The summed E-state index contributed by atoms with van der Waals surface area (Å²) in [6.45, 7) is 7.41. The highest BCUT2D eigenvalue weighted by Crippen LogP contribution is 2.46. The van der Waals surface area contributed by atoms with Crippen molar-refractivity contribution in [1.29, 1.82) is 0 Å². The Bertz CT molecular complexity index is 972. The van der Waals surface area contributed by atoms with E-state index < -0.39 is 0 Å². The van der Waals surface area contributed by atoms with Crippen molar-refractivity contribution in [1.82, 2.24) is 9.78 Å². The number of carbonyl (C=O) groups is 1. The van der Waals surface area contributed by atoms with Crippen LogP contribution in [0.25, 0.3) is 0 Å². The van der Waals surface area contributed by atoms with Gasteiger partial charge in [-0.3, -0.25) is 4.79 Å². The van der Waals surface area contributed by atoms with Gasteiger partial charge in [0.2, 0.25) is 5.91 Å². The summed E-state index contributed by atoms with van der Waals surface area (Å²) in [7, 11) is 3.34. The van der Waals surface area contributed by atoms with Crippen molar-refractivity contribution in [2.24, 2.45) is 0 Å². The quantitative estimate of drug-likeness (QED) is 0.742. The molecule has 1 saturated heterocycles. The Labute approximate surface area is 187 Å². The van der Waals surface area contributed by atoms with Crippen molar-refractivity contribution < 1.29 is 19.0 Å². The summed E-state index contributed by atoms with van der Waals surface area (Å²) in [5, 5.41) is 8.06. The van der Waals surface area contributed by atoms with Gasteiger partial charge in [0.15, 0.2) is 0 Å². The van der Waals surface area contributed by atoms with E-state index >= 15 is 0 Å². The molecular weight excluding hydrogens is 414 g/mol. The molecule has 4 rings (SSSR count). The number of amides is 1. The Balaban J connectivity index is 1.78. The van der Waals surface area contributed by atoms with Gasteiger partial charge in [0.1, 0.15) is 11.6 Å². The third-order valence-electron chi connectivity index (χ3n) is 5.96. The molecule has 0 unspecified atom stereocenters. The first-order valence-corrected chi connectivity index (χ1v) is 11.7. The molecule has 2 aromatic rings. The van der Waals surface area contributed by atoms with Crippen LogP contribution >= 0.6 is 11.8 Å². The molecule has 31 heavy (non-hydrogen) atoms. The number of nitrogens with one attached hydrogen (secondary N) is 1. The second-order valence-corrected chi connectivity index (χ2v) is 9.88. The summed E-state index contributed by atoms with van der Waals surface area (Å²) >= 11 is 1.63. The summed E-state index contributed by atoms with van der Waals surface area (Å²) in [5.74, 6) is 2.02. The topological polar surface area (TPSA) is 74.6 Å². The van der Waals surface area contributed by atoms with Gasteiger partial charge in [-0.25, -0.2) is 4.68 Å². The summed E-state index contributed by atoms with van der Waals surface area (Å²) in [6.07, 6.45) is 1.74. The van der Waals surface area contributed by atoms with Crippen LogP contribution in [0, 0.1) is 6.92 Å². The van der Waals surface area contributed by atoms with Crippen LogP contribution < -0.4 is 10.1 Å². The first-order chi connectivity index (χ1) is 14.8. The van der Waals surface area contributed by atoms with E-state index in [0.717, 1.165) is 46.8 Å². The maximum atomic E-state index is 12.6. The maximum absolute atomic E-state index is 12.6. The fourth-order valence-corrected chi connectivity index (χ4v) is 5.75. The molecule has 7 nitrogen and oxygen atoms in total.